The van der Waals surface area contributed by atoms with Gasteiger partial charge in [0.1, 0.15) is 5.00 Å². The van der Waals surface area contributed by atoms with Crippen LogP contribution in [0.15, 0.2) is 23.6 Å². The lowest BCUT2D eigenvalue weighted by molar-refractivity contribution is -0.111. The smallest absolute Gasteiger partial charge is 0.339 e. The SMILES string of the molecule is O=C(/C=C\c1cccs1)Nc1sc2c(c1C(=O)O)CCCCC2. The van der Waals surface area contributed by atoms with Crippen LogP contribution in [0.4, 0.5) is 5.00 Å². The first-order valence-electron chi connectivity index (χ1n) is 7.55. The van der Waals surface area contributed by atoms with Crippen molar-refractivity contribution in [1.82, 2.24) is 0 Å². The molecule has 0 unspecified atom stereocenters. The fraction of sp³-hybridized carbons (Fsp3) is 0.294. The third-order valence-electron chi connectivity index (χ3n) is 3.81. The first kappa shape index (κ1) is 16.0. The van der Waals surface area contributed by atoms with Crippen molar-refractivity contribution >= 4 is 45.6 Å². The van der Waals surface area contributed by atoms with Crippen LogP contribution in [-0.2, 0) is 17.6 Å². The summed E-state index contributed by atoms with van der Waals surface area (Å²) in [5.41, 5.74) is 1.20. The molecule has 2 aromatic rings. The van der Waals surface area contributed by atoms with Crippen LogP contribution in [0.2, 0.25) is 0 Å². The second-order valence-corrected chi connectivity index (χ2v) is 7.50. The molecule has 0 bridgehead atoms. The van der Waals surface area contributed by atoms with Gasteiger partial charge in [0.15, 0.2) is 0 Å². The molecule has 3 rings (SSSR count). The van der Waals surface area contributed by atoms with Crippen LogP contribution in [0.25, 0.3) is 6.08 Å². The molecule has 0 spiro atoms. The molecule has 2 heterocycles. The minimum atomic E-state index is -0.957. The number of amides is 1. The van der Waals surface area contributed by atoms with Gasteiger partial charge in [-0.3, -0.25) is 4.79 Å². The average molecular weight is 347 g/mol. The summed E-state index contributed by atoms with van der Waals surface area (Å²) in [4.78, 5) is 25.8. The van der Waals surface area contributed by atoms with E-state index in [-0.39, 0.29) is 11.5 Å². The zero-order valence-corrected chi connectivity index (χ0v) is 14.1. The largest absolute Gasteiger partial charge is 0.478 e. The molecule has 0 saturated carbocycles. The molecule has 0 atom stereocenters. The molecular formula is C17H17NO3S2. The van der Waals surface area contributed by atoms with E-state index in [1.54, 1.807) is 17.4 Å². The van der Waals surface area contributed by atoms with Gasteiger partial charge in [-0.15, -0.1) is 22.7 Å². The number of carbonyl (C=O) groups excluding carboxylic acids is 1. The van der Waals surface area contributed by atoms with Crippen molar-refractivity contribution < 1.29 is 14.7 Å². The van der Waals surface area contributed by atoms with Gasteiger partial charge < -0.3 is 10.4 Å². The number of aryl methyl sites for hydroxylation is 1. The zero-order chi connectivity index (χ0) is 16.2. The van der Waals surface area contributed by atoms with Crippen LogP contribution in [0.3, 0.4) is 0 Å². The Labute approximate surface area is 142 Å². The number of aromatic carboxylic acids is 1. The van der Waals surface area contributed by atoms with Crippen LogP contribution in [0.5, 0.6) is 0 Å². The fourth-order valence-electron chi connectivity index (χ4n) is 2.75. The van der Waals surface area contributed by atoms with E-state index < -0.39 is 5.97 Å². The number of rotatable bonds is 4. The number of carboxylic acids is 1. The van der Waals surface area contributed by atoms with Crippen molar-refractivity contribution in [2.45, 2.75) is 32.1 Å². The lowest BCUT2D eigenvalue weighted by Crippen LogP contribution is -2.11. The highest BCUT2D eigenvalue weighted by Crippen LogP contribution is 2.37. The quantitative estimate of drug-likeness (QED) is 0.635. The fourth-order valence-corrected chi connectivity index (χ4v) is 4.66. The summed E-state index contributed by atoms with van der Waals surface area (Å²) in [5.74, 6) is -1.25. The summed E-state index contributed by atoms with van der Waals surface area (Å²) in [6.07, 6.45) is 8.09. The maximum absolute atomic E-state index is 12.1. The molecule has 1 amide bonds. The Morgan fingerprint density at radius 3 is 2.78 bits per heavy atom. The molecule has 0 radical (unpaired) electrons. The first-order valence-corrected chi connectivity index (χ1v) is 9.25. The lowest BCUT2D eigenvalue weighted by atomic mass is 10.1. The summed E-state index contributed by atoms with van der Waals surface area (Å²) in [5, 5.41) is 14.7. The highest BCUT2D eigenvalue weighted by atomic mass is 32.1. The van der Waals surface area contributed by atoms with Crippen LogP contribution in [0.1, 0.15) is 44.9 Å². The molecule has 4 nitrogen and oxygen atoms in total. The monoisotopic (exact) mass is 347 g/mol. The Balaban J connectivity index is 1.82. The maximum atomic E-state index is 12.1. The Morgan fingerprint density at radius 2 is 2.04 bits per heavy atom. The number of nitrogens with one attached hydrogen (secondary N) is 1. The molecule has 0 aliphatic heterocycles. The van der Waals surface area contributed by atoms with E-state index >= 15 is 0 Å². The molecule has 2 aromatic heterocycles. The van der Waals surface area contributed by atoms with Crippen molar-refractivity contribution in [1.29, 1.82) is 0 Å². The predicted molar refractivity (Wildman–Crippen MR) is 94.5 cm³/mol. The van der Waals surface area contributed by atoms with Crippen molar-refractivity contribution in [3.8, 4) is 0 Å². The van der Waals surface area contributed by atoms with Crippen LogP contribution < -0.4 is 5.32 Å². The van der Waals surface area contributed by atoms with E-state index in [0.29, 0.717) is 5.00 Å². The van der Waals surface area contributed by atoms with Crippen molar-refractivity contribution in [3.05, 3.63) is 44.5 Å². The van der Waals surface area contributed by atoms with Gasteiger partial charge in [0, 0.05) is 15.8 Å². The van der Waals surface area contributed by atoms with Gasteiger partial charge in [0.05, 0.1) is 5.56 Å². The molecule has 6 heteroatoms. The van der Waals surface area contributed by atoms with E-state index in [1.165, 1.54) is 17.4 Å². The van der Waals surface area contributed by atoms with Crippen molar-refractivity contribution in [3.63, 3.8) is 0 Å². The second kappa shape index (κ2) is 7.10. The van der Waals surface area contributed by atoms with Gasteiger partial charge in [0.25, 0.3) is 0 Å². The van der Waals surface area contributed by atoms with Gasteiger partial charge in [-0.05, 0) is 48.8 Å². The second-order valence-electron chi connectivity index (χ2n) is 5.41. The normalized spacial score (nSPS) is 14.4. The summed E-state index contributed by atoms with van der Waals surface area (Å²) in [6, 6.07) is 3.84. The number of anilines is 1. The lowest BCUT2D eigenvalue weighted by Gasteiger charge is -2.03. The van der Waals surface area contributed by atoms with E-state index in [9.17, 15) is 14.7 Å². The van der Waals surface area contributed by atoms with Gasteiger partial charge in [-0.1, -0.05) is 12.5 Å². The predicted octanol–water partition coefficient (Wildman–Crippen LogP) is 4.43. The van der Waals surface area contributed by atoms with E-state index in [0.717, 1.165) is 47.4 Å². The molecule has 23 heavy (non-hydrogen) atoms. The van der Waals surface area contributed by atoms with Crippen LogP contribution in [-0.4, -0.2) is 17.0 Å². The summed E-state index contributed by atoms with van der Waals surface area (Å²) >= 11 is 2.96. The number of hydrogen-bond acceptors (Lipinski definition) is 4. The van der Waals surface area contributed by atoms with Crippen LogP contribution in [0, 0.1) is 0 Å². The van der Waals surface area contributed by atoms with Crippen molar-refractivity contribution in [2.75, 3.05) is 5.32 Å². The third-order valence-corrected chi connectivity index (χ3v) is 5.86. The summed E-state index contributed by atoms with van der Waals surface area (Å²) < 4.78 is 0. The standard InChI is InChI=1S/C17H17NO3S2/c19-14(9-8-11-5-4-10-22-11)18-16-15(17(20)21)12-6-2-1-3-7-13(12)23-16/h4-5,8-10H,1-3,6-7H2,(H,18,19)(H,20,21)/b9-8-. The third kappa shape index (κ3) is 3.71. The molecule has 120 valence electrons. The number of carbonyl (C=O) groups is 2. The minimum Gasteiger partial charge on any atom is -0.478 e. The molecule has 1 aliphatic rings. The topological polar surface area (TPSA) is 66.4 Å². The molecular weight excluding hydrogens is 330 g/mol. The summed E-state index contributed by atoms with van der Waals surface area (Å²) in [6.45, 7) is 0. The Kier molecular flexibility index (Phi) is 4.93. The highest BCUT2D eigenvalue weighted by molar-refractivity contribution is 7.17. The van der Waals surface area contributed by atoms with E-state index in [1.807, 2.05) is 17.5 Å². The van der Waals surface area contributed by atoms with Gasteiger partial charge in [-0.2, -0.15) is 0 Å². The highest BCUT2D eigenvalue weighted by Gasteiger charge is 2.24. The summed E-state index contributed by atoms with van der Waals surface area (Å²) in [7, 11) is 0. The molecule has 0 saturated heterocycles. The van der Waals surface area contributed by atoms with Crippen LogP contribution >= 0.6 is 22.7 Å². The number of fused-ring (bicyclic) bond motifs is 1. The molecule has 1 aliphatic carbocycles. The van der Waals surface area contributed by atoms with Crippen molar-refractivity contribution in [2.24, 2.45) is 0 Å². The minimum absolute atomic E-state index is 0.282. The van der Waals surface area contributed by atoms with Gasteiger partial charge in [0.2, 0.25) is 5.91 Å². The Hall–Kier alpha value is -1.92. The maximum Gasteiger partial charge on any atom is 0.339 e. The Morgan fingerprint density at radius 1 is 1.22 bits per heavy atom. The molecule has 2 N–H and O–H groups in total. The molecule has 0 aromatic carbocycles. The number of carboxylic acid groups (broad SMARTS) is 1. The molecule has 0 fully saturated rings. The first-order chi connectivity index (χ1) is 11.1. The number of hydrogen-bond donors (Lipinski definition) is 2. The van der Waals surface area contributed by atoms with E-state index in [4.69, 9.17) is 0 Å². The van der Waals surface area contributed by atoms with Gasteiger partial charge in [-0.25, -0.2) is 4.79 Å². The van der Waals surface area contributed by atoms with E-state index in [2.05, 4.69) is 5.32 Å². The average Bonchev–Trinajstić information content (AvgIpc) is 3.08. The van der Waals surface area contributed by atoms with Gasteiger partial charge >= 0.3 is 5.97 Å². The Bertz CT molecular complexity index is 744. The number of thiophene rings is 2. The zero-order valence-electron chi connectivity index (χ0n) is 12.5.